The van der Waals surface area contributed by atoms with Crippen LogP contribution >= 0.6 is 0 Å². The van der Waals surface area contributed by atoms with Gasteiger partial charge in [-0.15, -0.1) is 0 Å². The Labute approximate surface area is 198 Å². The molecule has 9 nitrogen and oxygen atoms in total. The first kappa shape index (κ1) is 24.4. The molecule has 0 saturated carbocycles. The molecule has 184 valence electrons. The second-order valence-corrected chi connectivity index (χ2v) is 9.99. The van der Waals surface area contributed by atoms with Crippen molar-refractivity contribution in [2.24, 2.45) is 0 Å². The van der Waals surface area contributed by atoms with Gasteiger partial charge in [-0.3, -0.25) is 4.79 Å². The van der Waals surface area contributed by atoms with E-state index in [0.717, 1.165) is 31.5 Å². The molecule has 1 aliphatic heterocycles. The van der Waals surface area contributed by atoms with Crippen molar-refractivity contribution in [1.29, 1.82) is 0 Å². The average molecular weight is 507 g/mol. The Hall–Kier alpha value is -3.74. The number of hydrogen-bond acceptors (Lipinski definition) is 7. The van der Waals surface area contributed by atoms with E-state index in [4.69, 9.17) is 4.74 Å². The Kier molecular flexibility index (Phi) is 6.13. The van der Waals surface area contributed by atoms with E-state index in [1.165, 1.54) is 11.2 Å². The van der Waals surface area contributed by atoms with Crippen molar-refractivity contribution in [3.05, 3.63) is 71.2 Å². The second-order valence-electron chi connectivity index (χ2n) is 8.06. The van der Waals surface area contributed by atoms with Crippen molar-refractivity contribution in [2.45, 2.75) is 31.0 Å². The van der Waals surface area contributed by atoms with Gasteiger partial charge < -0.3 is 14.6 Å². The maximum Gasteiger partial charge on any atom is 0.294 e. The third-order valence-corrected chi connectivity index (χ3v) is 6.34. The van der Waals surface area contributed by atoms with Gasteiger partial charge in [-0.1, -0.05) is 6.58 Å². The number of fused-ring (bicyclic) bond motifs is 1. The highest BCUT2D eigenvalue weighted by Gasteiger charge is 2.33. The van der Waals surface area contributed by atoms with Crippen LogP contribution in [0.4, 0.5) is 13.2 Å². The number of carbonyl (C=O) groups is 1. The standard InChI is InChI=1S/C22H20F3N5O4S/c1-12(2)22(24,25)13-4-5-18(15(23)8-13)34-19-14-6-7-30(10-17(14)27-11-28-19)20(31)16-9-26-21(29-16)35(3,32)33/h4-5,8-9,11H,1,6-7,10H2,2-3H3,(H,26,29). The first-order valence-electron chi connectivity index (χ1n) is 10.3. The van der Waals surface area contributed by atoms with Gasteiger partial charge in [0.15, 0.2) is 11.6 Å². The van der Waals surface area contributed by atoms with E-state index in [9.17, 15) is 26.4 Å². The number of nitrogens with zero attached hydrogens (tertiary/aromatic N) is 4. The lowest BCUT2D eigenvalue weighted by molar-refractivity contribution is 0.0381. The van der Waals surface area contributed by atoms with Crippen molar-refractivity contribution in [1.82, 2.24) is 24.8 Å². The molecule has 0 bridgehead atoms. The molecular formula is C22H20F3N5O4S. The molecule has 0 aliphatic carbocycles. The van der Waals surface area contributed by atoms with Gasteiger partial charge in [0.2, 0.25) is 20.9 Å². The van der Waals surface area contributed by atoms with Crippen LogP contribution in [0.5, 0.6) is 11.6 Å². The van der Waals surface area contributed by atoms with Crippen LogP contribution in [0.25, 0.3) is 0 Å². The summed E-state index contributed by atoms with van der Waals surface area (Å²) in [4.78, 5) is 28.7. The first-order chi connectivity index (χ1) is 16.4. The minimum Gasteiger partial charge on any atom is -0.436 e. The van der Waals surface area contributed by atoms with E-state index in [1.54, 1.807) is 0 Å². The molecule has 13 heteroatoms. The number of halogens is 3. The lowest BCUT2D eigenvalue weighted by atomic mass is 10.0. The van der Waals surface area contributed by atoms with Crippen LogP contribution < -0.4 is 4.74 Å². The van der Waals surface area contributed by atoms with E-state index in [2.05, 4.69) is 26.5 Å². The van der Waals surface area contributed by atoms with Crippen LogP contribution in [0.1, 0.15) is 34.2 Å². The number of allylic oxidation sites excluding steroid dienone is 1. The van der Waals surface area contributed by atoms with Crippen molar-refractivity contribution >= 4 is 15.7 Å². The highest BCUT2D eigenvalue weighted by Crippen LogP contribution is 2.37. The molecule has 1 N–H and O–H groups in total. The summed E-state index contributed by atoms with van der Waals surface area (Å²) in [6.45, 7) is 4.67. The van der Waals surface area contributed by atoms with Gasteiger partial charge in [0.25, 0.3) is 11.8 Å². The molecular weight excluding hydrogens is 487 g/mol. The van der Waals surface area contributed by atoms with E-state index in [1.807, 2.05) is 0 Å². The second kappa shape index (κ2) is 8.80. The van der Waals surface area contributed by atoms with Gasteiger partial charge in [0, 0.05) is 23.9 Å². The lowest BCUT2D eigenvalue weighted by Gasteiger charge is -2.28. The molecule has 1 aromatic carbocycles. The Morgan fingerprint density at radius 3 is 2.63 bits per heavy atom. The normalized spacial score (nSPS) is 13.9. The Balaban J connectivity index is 1.54. The summed E-state index contributed by atoms with van der Waals surface area (Å²) in [5.74, 6) is -5.11. The summed E-state index contributed by atoms with van der Waals surface area (Å²) < 4.78 is 71.6. The number of aromatic nitrogens is 4. The number of carbonyl (C=O) groups excluding carboxylic acids is 1. The summed E-state index contributed by atoms with van der Waals surface area (Å²) in [6, 6.07) is 2.83. The SMILES string of the molecule is C=C(C)C(F)(F)c1ccc(Oc2ncnc3c2CCN(C(=O)c2cnc(S(C)(=O)=O)[nH]2)C3)c(F)c1. The maximum absolute atomic E-state index is 14.6. The number of ether oxygens (including phenoxy) is 1. The van der Waals surface area contributed by atoms with Gasteiger partial charge in [-0.25, -0.2) is 27.8 Å². The minimum atomic E-state index is -3.60. The largest absolute Gasteiger partial charge is 0.436 e. The average Bonchev–Trinajstić information content (AvgIpc) is 3.30. The highest BCUT2D eigenvalue weighted by molar-refractivity contribution is 7.90. The van der Waals surface area contributed by atoms with E-state index < -0.39 is 38.6 Å². The first-order valence-corrected chi connectivity index (χ1v) is 12.2. The highest BCUT2D eigenvalue weighted by atomic mass is 32.2. The van der Waals surface area contributed by atoms with Crippen LogP contribution in [-0.4, -0.2) is 52.0 Å². The molecule has 0 saturated heterocycles. The van der Waals surface area contributed by atoms with Crippen LogP contribution in [0.2, 0.25) is 0 Å². The Bertz CT molecular complexity index is 1440. The number of alkyl halides is 2. The van der Waals surface area contributed by atoms with Crippen LogP contribution in [-0.2, 0) is 28.7 Å². The molecule has 3 aromatic rings. The fraction of sp³-hybridized carbons (Fsp3) is 0.273. The number of amides is 1. The lowest BCUT2D eigenvalue weighted by Crippen LogP contribution is -2.37. The predicted octanol–water partition coefficient (Wildman–Crippen LogP) is 3.40. The van der Waals surface area contributed by atoms with E-state index in [-0.39, 0.29) is 42.0 Å². The molecule has 3 heterocycles. The molecule has 2 aromatic heterocycles. The Morgan fingerprint density at radius 1 is 1.26 bits per heavy atom. The zero-order chi connectivity index (χ0) is 25.5. The van der Waals surface area contributed by atoms with E-state index >= 15 is 0 Å². The number of imidazole rings is 1. The molecule has 1 amide bonds. The summed E-state index contributed by atoms with van der Waals surface area (Å²) in [6.07, 6.45) is 3.56. The number of nitrogens with one attached hydrogen (secondary N) is 1. The van der Waals surface area contributed by atoms with Crippen molar-refractivity contribution < 1.29 is 31.1 Å². The topological polar surface area (TPSA) is 118 Å². The van der Waals surface area contributed by atoms with Gasteiger partial charge in [0.1, 0.15) is 12.0 Å². The molecule has 0 unspecified atom stereocenters. The molecule has 35 heavy (non-hydrogen) atoms. The fourth-order valence-electron chi connectivity index (χ4n) is 3.49. The van der Waals surface area contributed by atoms with Crippen molar-refractivity contribution in [3.8, 4) is 11.6 Å². The van der Waals surface area contributed by atoms with Gasteiger partial charge in [0.05, 0.1) is 18.4 Å². The summed E-state index contributed by atoms with van der Waals surface area (Å²) in [7, 11) is -3.60. The monoisotopic (exact) mass is 507 g/mol. The van der Waals surface area contributed by atoms with Crippen molar-refractivity contribution in [2.75, 3.05) is 12.8 Å². The summed E-state index contributed by atoms with van der Waals surface area (Å²) in [5, 5.41) is -0.315. The summed E-state index contributed by atoms with van der Waals surface area (Å²) in [5.41, 5.74) is 0.0221. The number of hydrogen-bond donors (Lipinski definition) is 1. The zero-order valence-corrected chi connectivity index (χ0v) is 19.5. The number of aromatic amines is 1. The molecule has 0 fully saturated rings. The smallest absolute Gasteiger partial charge is 0.294 e. The quantitative estimate of drug-likeness (QED) is 0.508. The molecule has 4 rings (SSSR count). The molecule has 0 spiro atoms. The molecule has 0 radical (unpaired) electrons. The predicted molar refractivity (Wildman–Crippen MR) is 117 cm³/mol. The minimum absolute atomic E-state index is 0.00753. The number of benzene rings is 1. The Morgan fingerprint density at radius 2 is 2.00 bits per heavy atom. The molecule has 0 atom stereocenters. The maximum atomic E-state index is 14.6. The van der Waals surface area contributed by atoms with E-state index in [0.29, 0.717) is 17.3 Å². The van der Waals surface area contributed by atoms with Crippen molar-refractivity contribution in [3.63, 3.8) is 0 Å². The zero-order valence-electron chi connectivity index (χ0n) is 18.7. The fourth-order valence-corrected chi connectivity index (χ4v) is 4.03. The number of rotatable bonds is 6. The third-order valence-electron chi connectivity index (χ3n) is 5.43. The summed E-state index contributed by atoms with van der Waals surface area (Å²) >= 11 is 0. The molecule has 1 aliphatic rings. The number of sulfone groups is 1. The van der Waals surface area contributed by atoms with Gasteiger partial charge in [-0.2, -0.15) is 8.78 Å². The van der Waals surface area contributed by atoms with Crippen LogP contribution in [0.3, 0.4) is 0 Å². The van der Waals surface area contributed by atoms with Crippen LogP contribution in [0.15, 0.2) is 48.0 Å². The van der Waals surface area contributed by atoms with Gasteiger partial charge in [-0.05, 0) is 37.1 Å². The van der Waals surface area contributed by atoms with Crippen LogP contribution in [0, 0.1) is 5.82 Å². The third kappa shape index (κ3) is 4.76. The van der Waals surface area contributed by atoms with Gasteiger partial charge >= 0.3 is 0 Å². The number of H-pyrrole nitrogens is 1.